The lowest BCUT2D eigenvalue weighted by Gasteiger charge is -2.48. The van der Waals surface area contributed by atoms with Crippen LogP contribution in [0.1, 0.15) is 66.6 Å². The van der Waals surface area contributed by atoms with Gasteiger partial charge in [-0.15, -0.1) is 0 Å². The molecular formula is C50H43F4N3O6Si. The molecule has 14 heteroatoms. The maximum Gasteiger partial charge on any atom is 0.261 e. The summed E-state index contributed by atoms with van der Waals surface area (Å²) in [6, 6.07) is 33.1. The van der Waals surface area contributed by atoms with E-state index in [1.54, 1.807) is 6.92 Å². The van der Waals surface area contributed by atoms with Crippen LogP contribution in [0.3, 0.4) is 0 Å². The Morgan fingerprint density at radius 2 is 1.33 bits per heavy atom. The van der Waals surface area contributed by atoms with Crippen LogP contribution in [0.2, 0.25) is 5.04 Å². The molecule has 0 radical (unpaired) electrons. The number of benzene rings is 6. The van der Waals surface area contributed by atoms with Crippen LogP contribution in [0.4, 0.5) is 17.6 Å². The highest BCUT2D eigenvalue weighted by molar-refractivity contribution is 6.99. The molecule has 0 spiro atoms. The monoisotopic (exact) mass is 885 g/mol. The van der Waals surface area contributed by atoms with Crippen molar-refractivity contribution >= 4 is 74.1 Å². The molecule has 64 heavy (non-hydrogen) atoms. The molecule has 8 aromatic rings. The third-order valence-electron chi connectivity index (χ3n) is 12.8. The summed E-state index contributed by atoms with van der Waals surface area (Å²) < 4.78 is 83.9. The number of hydrogen-bond acceptors (Lipinski definition) is 6. The predicted octanol–water partition coefficient (Wildman–Crippen LogP) is 9.07. The molecule has 0 saturated carbocycles. The molecule has 0 unspecified atom stereocenters. The number of amides is 2. The minimum absolute atomic E-state index is 0.0114. The van der Waals surface area contributed by atoms with Gasteiger partial charge in [-0.05, 0) is 40.0 Å². The van der Waals surface area contributed by atoms with E-state index in [0.717, 1.165) is 40.2 Å². The zero-order valence-corrected chi connectivity index (χ0v) is 36.3. The number of carbonyl (C=O) groups excluding carboxylic acids is 2. The molecule has 10 rings (SSSR count). The summed E-state index contributed by atoms with van der Waals surface area (Å²) in [4.78, 5) is 30.7. The number of imide groups is 1. The average molecular weight is 886 g/mol. The summed E-state index contributed by atoms with van der Waals surface area (Å²) in [5, 5.41) is 17.0. The van der Waals surface area contributed by atoms with E-state index >= 15 is 13.2 Å². The normalized spacial score (nSPS) is 20.5. The van der Waals surface area contributed by atoms with Crippen molar-refractivity contribution in [3.63, 3.8) is 0 Å². The summed E-state index contributed by atoms with van der Waals surface area (Å²) in [5.74, 6) is -6.43. The first-order valence-corrected chi connectivity index (χ1v) is 22.9. The maximum absolute atomic E-state index is 15.7. The Labute approximate surface area is 365 Å². The van der Waals surface area contributed by atoms with Crippen molar-refractivity contribution in [2.75, 3.05) is 6.61 Å². The lowest BCUT2D eigenvalue weighted by Crippen LogP contribution is -2.67. The number of carbonyl (C=O) groups is 2. The first-order chi connectivity index (χ1) is 30.6. The van der Waals surface area contributed by atoms with Crippen molar-refractivity contribution < 1.29 is 46.2 Å². The molecule has 0 aliphatic carbocycles. The highest BCUT2D eigenvalue weighted by atomic mass is 28.4. The van der Waals surface area contributed by atoms with Gasteiger partial charge in [0.2, 0.25) is 0 Å². The van der Waals surface area contributed by atoms with Crippen molar-refractivity contribution in [1.29, 1.82) is 0 Å². The van der Waals surface area contributed by atoms with Gasteiger partial charge in [0.1, 0.15) is 6.10 Å². The Kier molecular flexibility index (Phi) is 9.96. The van der Waals surface area contributed by atoms with Crippen LogP contribution in [-0.2, 0) is 20.5 Å². The lowest BCUT2D eigenvalue weighted by molar-refractivity contribution is -0.254. The fourth-order valence-corrected chi connectivity index (χ4v) is 14.7. The summed E-state index contributed by atoms with van der Waals surface area (Å²) >= 11 is 0. The van der Waals surface area contributed by atoms with Crippen molar-refractivity contribution in [1.82, 2.24) is 14.9 Å². The second-order valence-electron chi connectivity index (χ2n) is 18.0. The van der Waals surface area contributed by atoms with Crippen LogP contribution in [0.15, 0.2) is 115 Å². The number of halogens is 4. The van der Waals surface area contributed by atoms with Crippen LogP contribution < -0.4 is 15.7 Å². The summed E-state index contributed by atoms with van der Waals surface area (Å²) in [6.07, 6.45) is -3.40. The van der Waals surface area contributed by atoms with Crippen molar-refractivity contribution in [2.45, 2.75) is 69.8 Å². The molecule has 0 bridgehead atoms. The molecule has 2 aliphatic rings. The second-order valence-corrected chi connectivity index (χ2v) is 22.3. The van der Waals surface area contributed by atoms with Gasteiger partial charge in [0.15, 0.2) is 29.5 Å². The summed E-state index contributed by atoms with van der Waals surface area (Å²) in [7, 11) is -3.17. The van der Waals surface area contributed by atoms with Crippen LogP contribution in [0.25, 0.3) is 43.6 Å². The van der Waals surface area contributed by atoms with E-state index in [0.29, 0.717) is 0 Å². The molecule has 2 aromatic heterocycles. The third-order valence-corrected chi connectivity index (χ3v) is 17.8. The van der Waals surface area contributed by atoms with E-state index in [9.17, 15) is 19.1 Å². The van der Waals surface area contributed by atoms with Gasteiger partial charge in [0, 0.05) is 45.6 Å². The number of aliphatic hydroxyl groups is 1. The van der Waals surface area contributed by atoms with E-state index in [2.05, 4.69) is 55.3 Å². The van der Waals surface area contributed by atoms with Crippen molar-refractivity contribution in [3.8, 4) is 0 Å². The Bertz CT molecular complexity index is 3130. The fraction of sp³-hybridized carbons (Fsp3) is 0.240. The van der Waals surface area contributed by atoms with Gasteiger partial charge in [0.05, 0.1) is 52.6 Å². The topological polar surface area (TPSA) is 115 Å². The van der Waals surface area contributed by atoms with Gasteiger partial charge in [-0.2, -0.15) is 0 Å². The molecule has 326 valence electrons. The number of nitrogens with zero attached hydrogens (tertiary/aromatic N) is 1. The first-order valence-electron chi connectivity index (χ1n) is 21.0. The van der Waals surface area contributed by atoms with E-state index in [4.69, 9.17) is 13.9 Å². The van der Waals surface area contributed by atoms with Gasteiger partial charge in [-0.3, -0.25) is 14.9 Å². The number of aromatic nitrogens is 2. The molecule has 4 heterocycles. The smallest absolute Gasteiger partial charge is 0.261 e. The molecule has 6 aromatic carbocycles. The van der Waals surface area contributed by atoms with Crippen LogP contribution in [-0.4, -0.2) is 59.2 Å². The molecular weight excluding hydrogens is 843 g/mol. The Morgan fingerprint density at radius 3 is 1.94 bits per heavy atom. The number of rotatable bonds is 9. The Morgan fingerprint density at radius 1 is 0.781 bits per heavy atom. The quantitative estimate of drug-likeness (QED) is 0.0758. The van der Waals surface area contributed by atoms with E-state index in [1.165, 1.54) is 4.57 Å². The highest BCUT2D eigenvalue weighted by Crippen LogP contribution is 2.49. The Balaban J connectivity index is 1.22. The fourth-order valence-electron chi connectivity index (χ4n) is 10.1. The molecule has 1 saturated heterocycles. The number of H-pyrrole nitrogens is 1. The van der Waals surface area contributed by atoms with Gasteiger partial charge in [-0.25, -0.2) is 17.6 Å². The van der Waals surface area contributed by atoms with Gasteiger partial charge < -0.3 is 28.6 Å². The van der Waals surface area contributed by atoms with Gasteiger partial charge in [-0.1, -0.05) is 112 Å². The van der Waals surface area contributed by atoms with Crippen LogP contribution >= 0.6 is 0 Å². The van der Waals surface area contributed by atoms with Crippen LogP contribution in [0.5, 0.6) is 0 Å². The highest BCUT2D eigenvalue weighted by Gasteiger charge is 2.53. The maximum atomic E-state index is 15.7. The molecule has 2 aliphatic heterocycles. The predicted molar refractivity (Wildman–Crippen MR) is 238 cm³/mol. The molecule has 9 nitrogen and oxygen atoms in total. The SMILES string of the molecule is CC(C)(C)[Si](OC[C@@H]1C[C@@](C)(O)[C@@H](OCc2ccccc2)[C@H](n2c3cc(F)c(F)cc3c3c4c(c5c6cc(F)c(F)cc6[nH]c5c32)C(=O)NC4=O)O1)(c1ccccc1)c1ccccc1. The van der Waals surface area contributed by atoms with Gasteiger partial charge in [0.25, 0.3) is 20.1 Å². The molecule has 2 amide bonds. The molecule has 4 atom stereocenters. The minimum atomic E-state index is -3.17. The average Bonchev–Trinajstić information content (AvgIpc) is 3.88. The zero-order chi connectivity index (χ0) is 44.9. The van der Waals surface area contributed by atoms with Crippen LogP contribution in [0, 0.1) is 23.3 Å². The standard InChI is InChI=1S/C50H43F4N3O6Si/c1-49(2,3)64(29-16-10-6-11-17-29,30-18-12-7-13-19-30)62-26-28-24-50(4,60)45(61-25-27-14-8-5-9-15-27)48(63-28)57-38-23-36(54)34(52)21-32(38)40-42-41(46(58)56-47(42)59)39-31-20-33(51)35(53)22-37(31)55-43(39)44(40)57/h5-23,28,45,48,55,60H,24-26H2,1-4H3,(H,56,58,59)/t28-,45-,48+,50+/m0/s1. The summed E-state index contributed by atoms with van der Waals surface area (Å²) in [6.45, 7) is 8.04. The zero-order valence-electron chi connectivity index (χ0n) is 35.3. The lowest BCUT2D eigenvalue weighted by atomic mass is 9.87. The van der Waals surface area contributed by atoms with E-state index < -0.39 is 72.5 Å². The number of hydrogen-bond donors (Lipinski definition) is 3. The largest absolute Gasteiger partial charge is 0.405 e. The van der Waals surface area contributed by atoms with Crippen molar-refractivity contribution in [3.05, 3.63) is 155 Å². The molecule has 3 N–H and O–H groups in total. The number of nitrogens with one attached hydrogen (secondary N) is 2. The van der Waals surface area contributed by atoms with E-state index in [-0.39, 0.29) is 74.4 Å². The number of aromatic amines is 1. The van der Waals surface area contributed by atoms with E-state index in [1.807, 2.05) is 66.7 Å². The number of ether oxygens (including phenoxy) is 2. The molecule has 1 fully saturated rings. The Hall–Kier alpha value is -6.16. The third kappa shape index (κ3) is 6.49. The second kappa shape index (κ2) is 15.2. The van der Waals surface area contributed by atoms with Gasteiger partial charge >= 0.3 is 0 Å². The summed E-state index contributed by atoms with van der Waals surface area (Å²) in [5.41, 5.74) is -0.829. The first kappa shape index (κ1) is 41.8. The van der Waals surface area contributed by atoms with Crippen molar-refractivity contribution in [2.24, 2.45) is 0 Å². The minimum Gasteiger partial charge on any atom is -0.405 e. The number of fused-ring (bicyclic) bond motifs is 10.